The predicted molar refractivity (Wildman–Crippen MR) is 219 cm³/mol. The van der Waals surface area contributed by atoms with Crippen molar-refractivity contribution in [3.8, 4) is 17.2 Å². The molecule has 1 heterocycles. The monoisotopic (exact) mass is 857 g/mol. The van der Waals surface area contributed by atoms with Gasteiger partial charge in [0, 0.05) is 48.0 Å². The largest absolute Gasteiger partial charge is 0.507 e. The van der Waals surface area contributed by atoms with Crippen LogP contribution >= 0.6 is 0 Å². The van der Waals surface area contributed by atoms with Gasteiger partial charge in [-0.15, -0.1) is 0 Å². The molecule has 1 aliphatic heterocycles. The minimum atomic E-state index is -2.36. The van der Waals surface area contributed by atoms with Gasteiger partial charge in [-0.1, -0.05) is 48.6 Å². The zero-order chi connectivity index (χ0) is 44.5. The van der Waals surface area contributed by atoms with Crippen LogP contribution in [0.15, 0.2) is 54.6 Å². The maximum Gasteiger partial charge on any atom is 0.407 e. The molecule has 0 bridgehead atoms. The molecule has 0 radical (unpaired) electrons. The number of hydrogen-bond acceptors (Lipinski definition) is 15. The summed E-state index contributed by atoms with van der Waals surface area (Å²) in [7, 11) is 1.30. The third-order valence-electron chi connectivity index (χ3n) is 12.2. The first-order valence-electron chi connectivity index (χ1n) is 20.6. The SMILES string of the molecule is COc1cccc2c1C(=O)c1c(O)c3c(c(O)c1C2=O)C[C@@](O)(C(=O)CO)C[C@@H]3OC1CC(NC(=O)OCc2ccc(CC(=O)NC3CC/C=C/CCC3N)cc2)[C@H](O)C(C)O1. The molecule has 3 aromatic carbocycles. The summed E-state index contributed by atoms with van der Waals surface area (Å²) in [6.07, 6.45) is 0.330. The number of alkyl carbamates (subject to hydrolysis) is 1. The van der Waals surface area contributed by atoms with Crippen molar-refractivity contribution >= 4 is 29.4 Å². The number of hydrogen-bond donors (Lipinski definition) is 8. The molecule has 8 atom stereocenters. The Hall–Kier alpha value is -5.69. The van der Waals surface area contributed by atoms with Gasteiger partial charge in [-0.25, -0.2) is 4.79 Å². The molecule has 17 heteroatoms. The molecule has 2 amide bonds. The lowest BCUT2D eigenvalue weighted by molar-refractivity contribution is -0.249. The number of aromatic hydroxyl groups is 2. The van der Waals surface area contributed by atoms with Crippen molar-refractivity contribution in [1.82, 2.24) is 10.6 Å². The van der Waals surface area contributed by atoms with Gasteiger partial charge in [0.05, 0.1) is 48.5 Å². The summed E-state index contributed by atoms with van der Waals surface area (Å²) in [6, 6.07) is 10.0. The lowest BCUT2D eigenvalue weighted by Gasteiger charge is -2.42. The Balaban J connectivity index is 1.04. The third-order valence-corrected chi connectivity index (χ3v) is 12.2. The number of amides is 2. The minimum Gasteiger partial charge on any atom is -0.507 e. The predicted octanol–water partition coefficient (Wildman–Crippen LogP) is 2.45. The number of aliphatic hydroxyl groups excluding tert-OH is 2. The van der Waals surface area contributed by atoms with Crippen LogP contribution in [-0.2, 0) is 43.2 Å². The summed E-state index contributed by atoms with van der Waals surface area (Å²) in [5.41, 5.74) is 3.55. The molecule has 1 saturated heterocycles. The van der Waals surface area contributed by atoms with Crippen LogP contribution in [0.4, 0.5) is 4.79 Å². The highest BCUT2D eigenvalue weighted by Crippen LogP contribution is 2.52. The van der Waals surface area contributed by atoms with Crippen LogP contribution in [-0.4, -0.2) is 111 Å². The number of methoxy groups -OCH3 is 1. The van der Waals surface area contributed by atoms with Gasteiger partial charge in [0.1, 0.15) is 42.2 Å². The molecule has 7 rings (SSSR count). The Labute approximate surface area is 356 Å². The molecule has 9 N–H and O–H groups in total. The molecule has 0 saturated carbocycles. The molecule has 17 nitrogen and oxygen atoms in total. The molecule has 330 valence electrons. The van der Waals surface area contributed by atoms with Crippen molar-refractivity contribution in [1.29, 1.82) is 0 Å². The van der Waals surface area contributed by atoms with E-state index in [4.69, 9.17) is 24.7 Å². The van der Waals surface area contributed by atoms with Crippen LogP contribution in [0.3, 0.4) is 0 Å². The highest BCUT2D eigenvalue weighted by atomic mass is 16.7. The first-order valence-corrected chi connectivity index (χ1v) is 20.6. The van der Waals surface area contributed by atoms with Gasteiger partial charge in [-0.3, -0.25) is 19.2 Å². The summed E-state index contributed by atoms with van der Waals surface area (Å²) >= 11 is 0. The Morgan fingerprint density at radius 1 is 0.919 bits per heavy atom. The van der Waals surface area contributed by atoms with E-state index >= 15 is 0 Å². The summed E-state index contributed by atoms with van der Waals surface area (Å²) in [4.78, 5) is 66.6. The standard InChI is InChI=1S/C45H51N3O14/c1-22-39(52)29(48-44(57)60-21-24-14-12-23(13-15-24)16-33(51)47-28-10-6-4-3-5-9-27(28)46)17-34(61-22)62-31-19-45(58,32(50)20-49)18-26-36(31)43(56)38-37(41(26)54)40(53)25-8-7-11-30(59-2)35(25)42(38)55/h3-4,7-8,11-15,22,27-29,31,34,39,49,52,54,56,58H,5-6,9-10,16-21,46H2,1-2H3,(H,47,51)(H,48,57)/b4-3+/t22?,27?,28?,29?,31-,34?,39+,45-/m0/s1. The fourth-order valence-corrected chi connectivity index (χ4v) is 8.79. The number of allylic oxidation sites excluding steroid dienone is 2. The van der Waals surface area contributed by atoms with Crippen molar-refractivity contribution < 1.29 is 68.5 Å². The Morgan fingerprint density at radius 2 is 1.61 bits per heavy atom. The Bertz CT molecular complexity index is 2280. The van der Waals surface area contributed by atoms with E-state index in [-0.39, 0.29) is 65.4 Å². The summed E-state index contributed by atoms with van der Waals surface area (Å²) in [5.74, 6) is -4.27. The zero-order valence-electron chi connectivity index (χ0n) is 34.3. The van der Waals surface area contributed by atoms with Crippen LogP contribution in [0.2, 0.25) is 0 Å². The van der Waals surface area contributed by atoms with E-state index in [1.165, 1.54) is 32.2 Å². The number of fused-ring (bicyclic) bond motifs is 3. The number of rotatable bonds is 11. The van der Waals surface area contributed by atoms with Gasteiger partial charge < -0.3 is 60.8 Å². The maximum absolute atomic E-state index is 14.0. The zero-order valence-corrected chi connectivity index (χ0v) is 34.3. The number of phenolic OH excluding ortho intramolecular Hbond substituents is 2. The first kappa shape index (κ1) is 44.4. The molecular weight excluding hydrogens is 807 g/mol. The van der Waals surface area contributed by atoms with Crippen LogP contribution in [0.1, 0.15) is 106 Å². The number of benzene rings is 3. The van der Waals surface area contributed by atoms with E-state index in [2.05, 4.69) is 22.8 Å². The van der Waals surface area contributed by atoms with Crippen molar-refractivity contribution in [2.24, 2.45) is 5.73 Å². The van der Waals surface area contributed by atoms with Gasteiger partial charge in [0.2, 0.25) is 11.7 Å². The number of carbonyl (C=O) groups excluding carboxylic acids is 5. The fourth-order valence-electron chi connectivity index (χ4n) is 8.79. The average Bonchev–Trinajstić information content (AvgIpc) is 3.24. The van der Waals surface area contributed by atoms with Crippen LogP contribution in [0, 0.1) is 0 Å². The van der Waals surface area contributed by atoms with E-state index in [0.29, 0.717) is 5.56 Å². The van der Waals surface area contributed by atoms with Crippen LogP contribution < -0.4 is 21.1 Å². The normalized spacial score (nSPS) is 27.4. The molecule has 62 heavy (non-hydrogen) atoms. The van der Waals surface area contributed by atoms with Gasteiger partial charge in [0.15, 0.2) is 17.9 Å². The first-order chi connectivity index (χ1) is 29.6. The average molecular weight is 858 g/mol. The molecule has 3 aromatic rings. The molecule has 4 aliphatic rings. The number of Topliss-reactive ketones (excluding diaryl/α,β-unsaturated/α-hetero) is 1. The topological polar surface area (TPSA) is 274 Å². The van der Waals surface area contributed by atoms with E-state index in [0.717, 1.165) is 31.2 Å². The highest BCUT2D eigenvalue weighted by Gasteiger charge is 2.50. The smallest absolute Gasteiger partial charge is 0.407 e. The molecule has 3 aliphatic carbocycles. The number of aliphatic hydroxyl groups is 3. The highest BCUT2D eigenvalue weighted by molar-refractivity contribution is 6.31. The second kappa shape index (κ2) is 18.3. The maximum atomic E-state index is 14.0. The lowest BCUT2D eigenvalue weighted by Crippen LogP contribution is -2.56. The molecular formula is C45H51N3O14. The van der Waals surface area contributed by atoms with Crippen LogP contribution in [0.25, 0.3) is 0 Å². The number of phenols is 2. The van der Waals surface area contributed by atoms with Gasteiger partial charge in [-0.2, -0.15) is 0 Å². The van der Waals surface area contributed by atoms with E-state index < -0.39 is 102 Å². The summed E-state index contributed by atoms with van der Waals surface area (Å²) in [6.45, 7) is 0.285. The lowest BCUT2D eigenvalue weighted by atomic mass is 9.72. The van der Waals surface area contributed by atoms with Crippen molar-refractivity contribution in [3.63, 3.8) is 0 Å². The molecule has 0 spiro atoms. The van der Waals surface area contributed by atoms with E-state index in [1.54, 1.807) is 24.3 Å². The molecule has 0 aromatic heterocycles. The van der Waals surface area contributed by atoms with Crippen molar-refractivity contribution in [3.05, 3.63) is 99.1 Å². The number of carbonyl (C=O) groups is 5. The molecule has 1 fully saturated rings. The van der Waals surface area contributed by atoms with Crippen molar-refractivity contribution in [2.45, 2.75) is 113 Å². The second-order valence-electron chi connectivity index (χ2n) is 16.3. The Kier molecular flexibility index (Phi) is 13.1. The third kappa shape index (κ3) is 8.82. The van der Waals surface area contributed by atoms with Gasteiger partial charge in [0.25, 0.3) is 0 Å². The fraction of sp³-hybridized carbons (Fsp3) is 0.444. The van der Waals surface area contributed by atoms with Gasteiger partial charge in [-0.05, 0) is 49.8 Å². The molecule has 5 unspecified atom stereocenters. The number of nitrogens with two attached hydrogens (primary N) is 1. The Morgan fingerprint density at radius 3 is 2.32 bits per heavy atom. The van der Waals surface area contributed by atoms with E-state index in [9.17, 15) is 49.5 Å². The second-order valence-corrected chi connectivity index (χ2v) is 16.3. The van der Waals surface area contributed by atoms with Crippen LogP contribution in [0.5, 0.6) is 17.2 Å². The number of nitrogens with one attached hydrogen (secondary N) is 2. The minimum absolute atomic E-state index is 0.0536. The van der Waals surface area contributed by atoms with Gasteiger partial charge >= 0.3 is 6.09 Å². The summed E-state index contributed by atoms with van der Waals surface area (Å²) in [5, 5.41) is 61.5. The van der Waals surface area contributed by atoms with Crippen molar-refractivity contribution in [2.75, 3.05) is 13.7 Å². The quantitative estimate of drug-likeness (QED) is 0.0795. The summed E-state index contributed by atoms with van der Waals surface area (Å²) < 4.78 is 22.9. The number of ketones is 3. The van der Waals surface area contributed by atoms with E-state index in [1.807, 2.05) is 0 Å². The number of ether oxygens (including phenoxy) is 4.